The van der Waals surface area contributed by atoms with Crippen molar-refractivity contribution in [3.05, 3.63) is 28.2 Å². The summed E-state index contributed by atoms with van der Waals surface area (Å²) in [7, 11) is 1.87. The lowest BCUT2D eigenvalue weighted by molar-refractivity contribution is 0.0944. The number of hydrogen-bond donors (Lipinski definition) is 2. The van der Waals surface area contributed by atoms with Gasteiger partial charge in [-0.05, 0) is 32.1 Å². The number of hydrogen-bond acceptors (Lipinski definition) is 5. The van der Waals surface area contributed by atoms with Crippen molar-refractivity contribution in [2.24, 2.45) is 0 Å². The van der Waals surface area contributed by atoms with Crippen molar-refractivity contribution in [1.82, 2.24) is 15.8 Å². The van der Waals surface area contributed by atoms with E-state index in [4.69, 9.17) is 16.1 Å². The third kappa shape index (κ3) is 4.49. The zero-order valence-corrected chi connectivity index (χ0v) is 13.2. The molecule has 110 valence electrons. The summed E-state index contributed by atoms with van der Waals surface area (Å²) in [6.07, 6.45) is 0.869. The second-order valence-corrected chi connectivity index (χ2v) is 5.61. The average Bonchev–Trinajstić information content (AvgIpc) is 3.02. The van der Waals surface area contributed by atoms with Gasteiger partial charge in [0.15, 0.2) is 11.5 Å². The summed E-state index contributed by atoms with van der Waals surface area (Å²) in [5.41, 5.74) is 0.281. The first kappa shape index (κ1) is 17.0. The number of thiophene rings is 1. The summed E-state index contributed by atoms with van der Waals surface area (Å²) in [6, 6.07) is 5.24. The van der Waals surface area contributed by atoms with Gasteiger partial charge < -0.3 is 15.2 Å². The number of aromatic nitrogens is 1. The van der Waals surface area contributed by atoms with Crippen LogP contribution >= 0.6 is 35.3 Å². The summed E-state index contributed by atoms with van der Waals surface area (Å²) in [4.78, 5) is 12.6. The fraction of sp³-hybridized carbons (Fsp3) is 0.333. The summed E-state index contributed by atoms with van der Waals surface area (Å²) < 4.78 is 5.81. The predicted octanol–water partition coefficient (Wildman–Crippen LogP) is 2.82. The third-order valence-corrected chi connectivity index (χ3v) is 3.69. The normalized spacial score (nSPS) is 10.1. The van der Waals surface area contributed by atoms with Crippen LogP contribution in [-0.2, 0) is 0 Å². The largest absolute Gasteiger partial charge is 0.355 e. The second-order valence-electron chi connectivity index (χ2n) is 3.89. The molecule has 0 spiro atoms. The standard InChI is InChI=1S/C12H14ClN3O2S.ClH/c1-14-5-2-6-15-12(17)8-7-9(18-16-8)10-3-4-11(13)19-10;/h3-4,7,14H,2,5-6H2,1H3,(H,15,17);1H. The van der Waals surface area contributed by atoms with Crippen LogP contribution in [0.1, 0.15) is 16.9 Å². The molecule has 5 nitrogen and oxygen atoms in total. The molecule has 2 rings (SSSR count). The summed E-state index contributed by atoms with van der Waals surface area (Å²) in [5, 5.41) is 9.55. The highest BCUT2D eigenvalue weighted by atomic mass is 35.5. The number of amides is 1. The van der Waals surface area contributed by atoms with Gasteiger partial charge in [0.25, 0.3) is 5.91 Å². The van der Waals surface area contributed by atoms with Crippen molar-refractivity contribution in [3.63, 3.8) is 0 Å². The number of nitrogens with zero attached hydrogens (tertiary/aromatic N) is 1. The number of rotatable bonds is 6. The highest BCUT2D eigenvalue weighted by molar-refractivity contribution is 7.19. The Kier molecular flexibility index (Phi) is 7.01. The molecule has 0 radical (unpaired) electrons. The van der Waals surface area contributed by atoms with Gasteiger partial charge in [-0.2, -0.15) is 0 Å². The molecule has 2 N–H and O–H groups in total. The fourth-order valence-corrected chi connectivity index (χ4v) is 2.49. The Morgan fingerprint density at radius 3 is 2.90 bits per heavy atom. The third-order valence-electron chi connectivity index (χ3n) is 2.45. The number of carbonyl (C=O) groups excluding carboxylic acids is 1. The number of nitrogens with one attached hydrogen (secondary N) is 2. The molecule has 0 fully saturated rings. The first-order valence-electron chi connectivity index (χ1n) is 5.86. The van der Waals surface area contributed by atoms with Gasteiger partial charge in [-0.1, -0.05) is 16.8 Å². The van der Waals surface area contributed by atoms with Gasteiger partial charge >= 0.3 is 0 Å². The summed E-state index contributed by atoms with van der Waals surface area (Å²) >= 11 is 7.23. The predicted molar refractivity (Wildman–Crippen MR) is 83.0 cm³/mol. The molecule has 0 aliphatic carbocycles. The molecule has 0 saturated carbocycles. The molecule has 0 aromatic carbocycles. The van der Waals surface area contributed by atoms with Gasteiger partial charge in [0.05, 0.1) is 9.21 Å². The van der Waals surface area contributed by atoms with Crippen molar-refractivity contribution < 1.29 is 9.32 Å². The number of halogens is 2. The van der Waals surface area contributed by atoms with Crippen LogP contribution in [0.5, 0.6) is 0 Å². The highest BCUT2D eigenvalue weighted by Gasteiger charge is 2.14. The Bertz CT molecular complexity index is 556. The monoisotopic (exact) mass is 335 g/mol. The molecule has 0 aliphatic rings. The van der Waals surface area contributed by atoms with E-state index >= 15 is 0 Å². The average molecular weight is 336 g/mol. The lowest BCUT2D eigenvalue weighted by atomic mass is 10.3. The van der Waals surface area contributed by atoms with Crippen LogP contribution in [0.2, 0.25) is 4.34 Å². The van der Waals surface area contributed by atoms with Crippen molar-refractivity contribution in [3.8, 4) is 10.6 Å². The molecule has 0 saturated heterocycles. The molecule has 8 heteroatoms. The van der Waals surface area contributed by atoms with Crippen LogP contribution in [0.4, 0.5) is 0 Å². The van der Waals surface area contributed by atoms with Gasteiger partial charge in [-0.25, -0.2) is 0 Å². The van der Waals surface area contributed by atoms with Crippen LogP contribution in [0, 0.1) is 0 Å². The maximum atomic E-state index is 11.8. The van der Waals surface area contributed by atoms with Gasteiger partial charge in [0, 0.05) is 12.6 Å². The van der Waals surface area contributed by atoms with E-state index in [1.807, 2.05) is 13.1 Å². The van der Waals surface area contributed by atoms with Gasteiger partial charge in [-0.3, -0.25) is 4.79 Å². The Labute approximate surface area is 132 Å². The molecular formula is C12H15Cl2N3O2S. The Balaban J connectivity index is 0.00000200. The van der Waals surface area contributed by atoms with Crippen LogP contribution in [-0.4, -0.2) is 31.2 Å². The quantitative estimate of drug-likeness (QED) is 0.796. The number of carbonyl (C=O) groups is 1. The van der Waals surface area contributed by atoms with E-state index in [1.165, 1.54) is 11.3 Å². The van der Waals surface area contributed by atoms with E-state index in [0.29, 0.717) is 16.6 Å². The van der Waals surface area contributed by atoms with E-state index < -0.39 is 0 Å². The van der Waals surface area contributed by atoms with Crippen LogP contribution in [0.3, 0.4) is 0 Å². The van der Waals surface area contributed by atoms with Gasteiger partial charge in [-0.15, -0.1) is 23.7 Å². The van der Waals surface area contributed by atoms with Crippen molar-refractivity contribution >= 4 is 41.3 Å². The lowest BCUT2D eigenvalue weighted by Crippen LogP contribution is -2.26. The van der Waals surface area contributed by atoms with Crippen LogP contribution in [0.15, 0.2) is 22.7 Å². The van der Waals surface area contributed by atoms with Crippen molar-refractivity contribution in [2.75, 3.05) is 20.1 Å². The maximum absolute atomic E-state index is 11.8. The van der Waals surface area contributed by atoms with Crippen molar-refractivity contribution in [1.29, 1.82) is 0 Å². The van der Waals surface area contributed by atoms with Crippen molar-refractivity contribution in [2.45, 2.75) is 6.42 Å². The Morgan fingerprint density at radius 1 is 1.45 bits per heavy atom. The fourth-order valence-electron chi connectivity index (χ4n) is 1.50. The van der Waals surface area contributed by atoms with E-state index in [-0.39, 0.29) is 24.0 Å². The van der Waals surface area contributed by atoms with Crippen LogP contribution < -0.4 is 10.6 Å². The Hall–Kier alpha value is -1.08. The molecule has 1 amide bonds. The molecular weight excluding hydrogens is 321 g/mol. The zero-order chi connectivity index (χ0) is 13.7. The topological polar surface area (TPSA) is 67.2 Å². The smallest absolute Gasteiger partial charge is 0.273 e. The van der Waals surface area contributed by atoms with E-state index in [0.717, 1.165) is 17.8 Å². The Morgan fingerprint density at radius 2 is 2.25 bits per heavy atom. The first-order chi connectivity index (χ1) is 9.20. The zero-order valence-electron chi connectivity index (χ0n) is 10.8. The first-order valence-corrected chi connectivity index (χ1v) is 7.05. The SMILES string of the molecule is CNCCCNC(=O)c1cc(-c2ccc(Cl)s2)on1.Cl. The molecule has 0 aliphatic heterocycles. The van der Waals surface area contributed by atoms with E-state index in [9.17, 15) is 4.79 Å². The summed E-state index contributed by atoms with van der Waals surface area (Å²) in [5.74, 6) is 0.325. The van der Waals surface area contributed by atoms with Gasteiger partial charge in [0.2, 0.25) is 0 Å². The molecule has 2 aromatic heterocycles. The molecule has 0 bridgehead atoms. The molecule has 2 heterocycles. The highest BCUT2D eigenvalue weighted by Crippen LogP contribution is 2.31. The minimum Gasteiger partial charge on any atom is -0.355 e. The second kappa shape index (κ2) is 8.26. The molecule has 20 heavy (non-hydrogen) atoms. The molecule has 0 atom stereocenters. The molecule has 0 unspecified atom stereocenters. The minimum absolute atomic E-state index is 0. The van der Waals surface area contributed by atoms with Gasteiger partial charge in [0.1, 0.15) is 0 Å². The maximum Gasteiger partial charge on any atom is 0.273 e. The minimum atomic E-state index is -0.228. The lowest BCUT2D eigenvalue weighted by Gasteiger charge is -2.01. The van der Waals surface area contributed by atoms with E-state index in [1.54, 1.807) is 12.1 Å². The van der Waals surface area contributed by atoms with E-state index in [2.05, 4.69) is 15.8 Å². The van der Waals surface area contributed by atoms with Crippen LogP contribution in [0.25, 0.3) is 10.6 Å². The summed E-state index contributed by atoms with van der Waals surface area (Å²) in [6.45, 7) is 1.46. The molecule has 2 aromatic rings.